The minimum atomic E-state index is -0.428. The van der Waals surface area contributed by atoms with Crippen LogP contribution in [0.5, 0.6) is 0 Å². The zero-order valence-electron chi connectivity index (χ0n) is 7.63. The highest BCUT2D eigenvalue weighted by Crippen LogP contribution is 2.15. The Morgan fingerprint density at radius 3 is 2.17 bits per heavy atom. The molecule has 0 aliphatic rings. The van der Waals surface area contributed by atoms with Crippen molar-refractivity contribution in [1.29, 1.82) is 0 Å². The summed E-state index contributed by atoms with van der Waals surface area (Å²) in [5.41, 5.74) is 0. The van der Waals surface area contributed by atoms with Crippen molar-refractivity contribution < 1.29 is 9.16 Å². The molecular formula is C6H17ClI2O2Si. The second-order valence-corrected chi connectivity index (χ2v) is 3.00. The van der Waals surface area contributed by atoms with Crippen LogP contribution in [-0.4, -0.2) is 28.8 Å². The van der Waals surface area contributed by atoms with E-state index in [0.717, 1.165) is 6.42 Å². The topological polar surface area (TPSA) is 18.5 Å². The molecule has 0 aromatic rings. The van der Waals surface area contributed by atoms with E-state index in [1.807, 2.05) is 13.8 Å². The number of ether oxygens (including phenoxy) is 1. The maximum Gasteiger partial charge on any atom is 0.156 e. The Bertz CT molecular complexity index is 91.6. The summed E-state index contributed by atoms with van der Waals surface area (Å²) in [5, 5.41) is 0. The van der Waals surface area contributed by atoms with Gasteiger partial charge in [-0.05, 0) is 13.8 Å². The number of alkyl halides is 1. The second kappa shape index (κ2) is 11.0. The van der Waals surface area contributed by atoms with Gasteiger partial charge in [-0.1, -0.05) is 0 Å². The first-order valence-corrected chi connectivity index (χ1v) is 4.78. The maximum absolute atomic E-state index is 5.56. The molecule has 0 spiro atoms. The molecular weight excluding hydrogens is 421 g/mol. The van der Waals surface area contributed by atoms with E-state index < -0.39 is 5.79 Å². The van der Waals surface area contributed by atoms with Crippen LogP contribution in [0.15, 0.2) is 0 Å². The van der Waals surface area contributed by atoms with Crippen LogP contribution in [0, 0.1) is 0 Å². The van der Waals surface area contributed by atoms with E-state index in [1.165, 1.54) is 0 Å². The Kier molecular flexibility index (Phi) is 17.8. The largest absolute Gasteiger partial charge is 0.402 e. The molecule has 0 rings (SSSR count). The second-order valence-electron chi connectivity index (χ2n) is 2.21. The standard InChI is InChI=1S/C6H15ClO2Si.2HI/c1-3-8-6(2,9-10)4-5-7;;/h3-5H2,1-2,10H3;2*1H. The number of rotatable bonds is 5. The van der Waals surface area contributed by atoms with E-state index >= 15 is 0 Å². The van der Waals surface area contributed by atoms with Crippen molar-refractivity contribution in [3.05, 3.63) is 0 Å². The van der Waals surface area contributed by atoms with E-state index in [9.17, 15) is 0 Å². The third-order valence-electron chi connectivity index (χ3n) is 1.43. The van der Waals surface area contributed by atoms with Crippen LogP contribution in [0.3, 0.4) is 0 Å². The molecule has 78 valence electrons. The first kappa shape index (κ1) is 19.5. The zero-order chi connectivity index (χ0) is 8.04. The highest BCUT2D eigenvalue weighted by atomic mass is 127. The van der Waals surface area contributed by atoms with Gasteiger partial charge in [-0.3, -0.25) is 0 Å². The Balaban J connectivity index is -0.000000405. The van der Waals surface area contributed by atoms with E-state index in [2.05, 4.69) is 0 Å². The third-order valence-corrected chi connectivity index (χ3v) is 2.48. The summed E-state index contributed by atoms with van der Waals surface area (Å²) in [7, 11) is 0.692. The Morgan fingerprint density at radius 2 is 1.92 bits per heavy atom. The van der Waals surface area contributed by atoms with E-state index in [4.69, 9.17) is 20.8 Å². The van der Waals surface area contributed by atoms with Crippen molar-refractivity contribution in [2.45, 2.75) is 26.1 Å². The average molecular weight is 439 g/mol. The molecule has 0 aliphatic carbocycles. The zero-order valence-corrected chi connectivity index (χ0v) is 15.0. The van der Waals surface area contributed by atoms with Crippen molar-refractivity contribution in [3.8, 4) is 0 Å². The van der Waals surface area contributed by atoms with Crippen molar-refractivity contribution in [3.63, 3.8) is 0 Å². The van der Waals surface area contributed by atoms with Gasteiger partial charge in [0.25, 0.3) is 0 Å². The molecule has 6 heteroatoms. The van der Waals surface area contributed by atoms with E-state index in [1.54, 1.807) is 0 Å². The molecule has 0 saturated carbocycles. The molecule has 12 heavy (non-hydrogen) atoms. The molecule has 0 heterocycles. The highest BCUT2D eigenvalue weighted by Gasteiger charge is 2.21. The van der Waals surface area contributed by atoms with Crippen LogP contribution >= 0.6 is 59.6 Å². The minimum Gasteiger partial charge on any atom is -0.402 e. The molecule has 0 radical (unpaired) electrons. The van der Waals surface area contributed by atoms with Crippen molar-refractivity contribution in [1.82, 2.24) is 0 Å². The monoisotopic (exact) mass is 438 g/mol. The molecule has 1 atom stereocenters. The van der Waals surface area contributed by atoms with Gasteiger partial charge in [-0.2, -0.15) is 0 Å². The highest BCUT2D eigenvalue weighted by molar-refractivity contribution is 14.0. The van der Waals surface area contributed by atoms with Crippen LogP contribution in [0.1, 0.15) is 20.3 Å². The molecule has 2 nitrogen and oxygen atoms in total. The molecule has 0 aromatic carbocycles. The summed E-state index contributed by atoms with van der Waals surface area (Å²) in [6.07, 6.45) is 0.756. The van der Waals surface area contributed by atoms with Gasteiger partial charge in [0, 0.05) is 18.9 Å². The van der Waals surface area contributed by atoms with Gasteiger partial charge in [0.2, 0.25) is 0 Å². The molecule has 1 unspecified atom stereocenters. The Hall–Kier alpha value is 1.89. The molecule has 0 amide bonds. The summed E-state index contributed by atoms with van der Waals surface area (Å²) in [6, 6.07) is 0. The van der Waals surface area contributed by atoms with Crippen molar-refractivity contribution in [2.24, 2.45) is 0 Å². The van der Waals surface area contributed by atoms with Gasteiger partial charge < -0.3 is 9.16 Å². The first-order valence-electron chi connectivity index (χ1n) is 3.43. The van der Waals surface area contributed by atoms with Crippen LogP contribution in [0.2, 0.25) is 0 Å². The lowest BCUT2D eigenvalue weighted by Gasteiger charge is -2.27. The summed E-state index contributed by atoms with van der Waals surface area (Å²) >= 11 is 5.56. The number of hydrogen-bond acceptors (Lipinski definition) is 2. The molecule has 0 bridgehead atoms. The van der Waals surface area contributed by atoms with Gasteiger partial charge in [0.05, 0.1) is 0 Å². The van der Waals surface area contributed by atoms with Gasteiger partial charge in [0.15, 0.2) is 5.79 Å². The molecule has 0 fully saturated rings. The van der Waals surface area contributed by atoms with Crippen LogP contribution in [-0.2, 0) is 9.16 Å². The Morgan fingerprint density at radius 1 is 1.42 bits per heavy atom. The quantitative estimate of drug-likeness (QED) is 0.283. The van der Waals surface area contributed by atoms with Crippen molar-refractivity contribution in [2.75, 3.05) is 12.5 Å². The lowest BCUT2D eigenvalue weighted by Crippen LogP contribution is -2.32. The minimum absolute atomic E-state index is 0. The van der Waals surface area contributed by atoms with Crippen LogP contribution < -0.4 is 0 Å². The fraction of sp³-hybridized carbons (Fsp3) is 1.00. The lowest BCUT2D eigenvalue weighted by molar-refractivity contribution is -0.165. The van der Waals surface area contributed by atoms with Crippen LogP contribution in [0.25, 0.3) is 0 Å². The average Bonchev–Trinajstić information content (AvgIpc) is 1.89. The summed E-state index contributed by atoms with van der Waals surface area (Å²) in [5.74, 6) is 0.154. The van der Waals surface area contributed by atoms with Crippen LogP contribution in [0.4, 0.5) is 0 Å². The molecule has 0 saturated heterocycles. The fourth-order valence-electron chi connectivity index (χ4n) is 0.710. The van der Waals surface area contributed by atoms with Gasteiger partial charge in [-0.25, -0.2) is 0 Å². The summed E-state index contributed by atoms with van der Waals surface area (Å²) < 4.78 is 10.6. The molecule has 0 N–H and O–H groups in total. The predicted octanol–water partition coefficient (Wildman–Crippen LogP) is 1.90. The van der Waals surface area contributed by atoms with Crippen molar-refractivity contribution >= 4 is 70.0 Å². The smallest absolute Gasteiger partial charge is 0.156 e. The lowest BCUT2D eigenvalue weighted by atomic mass is 10.2. The van der Waals surface area contributed by atoms with E-state index in [0.29, 0.717) is 23.0 Å². The predicted molar refractivity (Wildman–Crippen MR) is 77.2 cm³/mol. The van der Waals surface area contributed by atoms with Gasteiger partial charge in [-0.15, -0.1) is 59.6 Å². The third kappa shape index (κ3) is 8.48. The first-order chi connectivity index (χ1) is 4.68. The SMILES string of the molecule is CCOC(C)(CCCl)O[SiH3].I.I. The molecule has 0 aliphatic heterocycles. The molecule has 0 aromatic heterocycles. The normalized spacial score (nSPS) is 14.2. The number of halogens is 3. The fourth-order valence-corrected chi connectivity index (χ4v) is 1.38. The maximum atomic E-state index is 5.56. The summed E-state index contributed by atoms with van der Waals surface area (Å²) in [4.78, 5) is 0. The van der Waals surface area contributed by atoms with Gasteiger partial charge in [0.1, 0.15) is 10.5 Å². The summed E-state index contributed by atoms with van der Waals surface area (Å²) in [6.45, 7) is 4.55. The Labute approximate surface area is 117 Å². The van der Waals surface area contributed by atoms with E-state index in [-0.39, 0.29) is 48.0 Å². The number of hydrogen-bond donors (Lipinski definition) is 0. The van der Waals surface area contributed by atoms with Gasteiger partial charge >= 0.3 is 0 Å².